The highest BCUT2D eigenvalue weighted by Crippen LogP contribution is 2.09. The number of likely N-dealkylation sites (tertiary alicyclic amines) is 1. The minimum Gasteiger partial charge on any atom is -0.355 e. The molecular weight excluding hydrogens is 290 g/mol. The summed E-state index contributed by atoms with van der Waals surface area (Å²) in [5, 5.41) is 7.91. The predicted molar refractivity (Wildman–Crippen MR) is 80.2 cm³/mol. The molecule has 0 unspecified atom stereocenters. The molecule has 0 atom stereocenters. The highest BCUT2D eigenvalue weighted by Gasteiger charge is 2.14. The zero-order valence-electron chi connectivity index (χ0n) is 11.9. The van der Waals surface area contributed by atoms with Gasteiger partial charge in [-0.3, -0.25) is 9.69 Å². The van der Waals surface area contributed by atoms with E-state index in [1.807, 2.05) is 0 Å². The molecule has 7 heteroatoms. The zero-order chi connectivity index (χ0) is 15.3. The van der Waals surface area contributed by atoms with Crippen LogP contribution in [0.1, 0.15) is 18.4 Å². The first-order valence-electron chi connectivity index (χ1n) is 7.06. The molecule has 116 valence electrons. The normalized spacial score (nSPS) is 16.0. The van der Waals surface area contributed by atoms with Crippen molar-refractivity contribution in [1.29, 1.82) is 0 Å². The number of hydrogen-bond donors (Lipinski definition) is 2. The third-order valence-electron chi connectivity index (χ3n) is 3.55. The van der Waals surface area contributed by atoms with E-state index in [-0.39, 0.29) is 10.8 Å². The lowest BCUT2D eigenvalue weighted by Gasteiger charge is -2.14. The van der Waals surface area contributed by atoms with E-state index in [4.69, 9.17) is 5.14 Å². The fourth-order valence-electron chi connectivity index (χ4n) is 2.39. The average molecular weight is 311 g/mol. The molecule has 1 aromatic carbocycles. The Hall–Kier alpha value is -1.44. The fraction of sp³-hybridized carbons (Fsp3) is 0.500. The maximum absolute atomic E-state index is 11.7. The van der Waals surface area contributed by atoms with Gasteiger partial charge in [0.05, 0.1) is 11.4 Å². The summed E-state index contributed by atoms with van der Waals surface area (Å²) < 4.78 is 22.3. The molecule has 2 rings (SSSR count). The van der Waals surface area contributed by atoms with Crippen LogP contribution < -0.4 is 10.5 Å². The van der Waals surface area contributed by atoms with Gasteiger partial charge in [0.2, 0.25) is 15.9 Å². The van der Waals surface area contributed by atoms with E-state index in [0.717, 1.165) is 18.7 Å². The van der Waals surface area contributed by atoms with Crippen molar-refractivity contribution >= 4 is 15.9 Å². The number of amides is 1. The van der Waals surface area contributed by atoms with Crippen molar-refractivity contribution in [2.45, 2.75) is 24.2 Å². The molecule has 0 radical (unpaired) electrons. The highest BCUT2D eigenvalue weighted by molar-refractivity contribution is 7.89. The van der Waals surface area contributed by atoms with Crippen molar-refractivity contribution in [3.8, 4) is 0 Å². The second kappa shape index (κ2) is 7.02. The Labute approximate surface area is 125 Å². The molecule has 1 fully saturated rings. The van der Waals surface area contributed by atoms with E-state index < -0.39 is 10.0 Å². The summed E-state index contributed by atoms with van der Waals surface area (Å²) >= 11 is 0. The number of hydrogen-bond acceptors (Lipinski definition) is 4. The Kier molecular flexibility index (Phi) is 5.33. The van der Waals surface area contributed by atoms with Crippen LogP contribution in [0, 0.1) is 0 Å². The quantitative estimate of drug-likeness (QED) is 0.778. The summed E-state index contributed by atoms with van der Waals surface area (Å²) in [5.41, 5.74) is 0.962. The van der Waals surface area contributed by atoms with Crippen LogP contribution >= 0.6 is 0 Å². The molecule has 0 aliphatic carbocycles. The first-order chi connectivity index (χ1) is 9.95. The van der Waals surface area contributed by atoms with Crippen LogP contribution in [0.15, 0.2) is 29.2 Å². The molecular formula is C14H21N3O3S. The van der Waals surface area contributed by atoms with E-state index in [9.17, 15) is 13.2 Å². The van der Waals surface area contributed by atoms with Crippen LogP contribution in [0.2, 0.25) is 0 Å². The van der Waals surface area contributed by atoms with Gasteiger partial charge in [0, 0.05) is 6.54 Å². The van der Waals surface area contributed by atoms with Gasteiger partial charge in [-0.1, -0.05) is 12.1 Å². The first-order valence-corrected chi connectivity index (χ1v) is 8.60. The predicted octanol–water partition coefficient (Wildman–Crippen LogP) is 0.0885. The maximum Gasteiger partial charge on any atom is 0.238 e. The van der Waals surface area contributed by atoms with Gasteiger partial charge >= 0.3 is 0 Å². The van der Waals surface area contributed by atoms with Crippen molar-refractivity contribution in [1.82, 2.24) is 10.2 Å². The van der Waals surface area contributed by atoms with Crippen LogP contribution in [-0.2, 0) is 21.2 Å². The van der Waals surface area contributed by atoms with Crippen molar-refractivity contribution in [2.75, 3.05) is 26.2 Å². The summed E-state index contributed by atoms with van der Waals surface area (Å²) in [5.74, 6) is 0.0399. The molecule has 0 spiro atoms. The number of nitrogens with zero attached hydrogens (tertiary/aromatic N) is 1. The number of carbonyl (C=O) groups is 1. The SMILES string of the molecule is NS(=O)(=O)c1ccc(CCNC(=O)CN2CCCC2)cc1. The molecule has 1 saturated heterocycles. The standard InChI is InChI=1S/C14H21N3O3S/c15-21(19,20)13-5-3-12(4-6-13)7-8-16-14(18)11-17-9-1-2-10-17/h3-6H,1-2,7-11H2,(H,16,18)(H2,15,19,20). The minimum absolute atomic E-state index is 0.0399. The van der Waals surface area contributed by atoms with Crippen molar-refractivity contribution < 1.29 is 13.2 Å². The lowest BCUT2D eigenvalue weighted by Crippen LogP contribution is -2.36. The third kappa shape index (κ3) is 5.11. The molecule has 21 heavy (non-hydrogen) atoms. The zero-order valence-corrected chi connectivity index (χ0v) is 12.7. The number of primary sulfonamides is 1. The van der Waals surface area contributed by atoms with E-state index in [0.29, 0.717) is 19.5 Å². The summed E-state index contributed by atoms with van der Waals surface area (Å²) in [6.07, 6.45) is 3.00. The summed E-state index contributed by atoms with van der Waals surface area (Å²) in [6, 6.07) is 6.40. The molecule has 3 N–H and O–H groups in total. The molecule has 1 heterocycles. The molecule has 0 saturated carbocycles. The second-order valence-electron chi connectivity index (χ2n) is 5.27. The number of sulfonamides is 1. The number of carbonyl (C=O) groups excluding carboxylic acids is 1. The number of nitrogens with two attached hydrogens (primary N) is 1. The van der Waals surface area contributed by atoms with Gasteiger partial charge in [0.25, 0.3) is 0 Å². The van der Waals surface area contributed by atoms with E-state index in [2.05, 4.69) is 10.2 Å². The van der Waals surface area contributed by atoms with Crippen LogP contribution in [0.4, 0.5) is 0 Å². The molecule has 0 aromatic heterocycles. The van der Waals surface area contributed by atoms with Gasteiger partial charge in [-0.15, -0.1) is 0 Å². The summed E-state index contributed by atoms with van der Waals surface area (Å²) in [6.45, 7) is 3.01. The number of benzene rings is 1. The smallest absolute Gasteiger partial charge is 0.238 e. The topological polar surface area (TPSA) is 92.5 Å². The van der Waals surface area contributed by atoms with Gasteiger partial charge < -0.3 is 5.32 Å². The Bertz CT molecular complexity index is 578. The van der Waals surface area contributed by atoms with Gasteiger partial charge in [-0.2, -0.15) is 0 Å². The van der Waals surface area contributed by atoms with Crippen molar-refractivity contribution in [3.05, 3.63) is 29.8 Å². The second-order valence-corrected chi connectivity index (χ2v) is 6.83. The lowest BCUT2D eigenvalue weighted by atomic mass is 10.1. The largest absolute Gasteiger partial charge is 0.355 e. The molecule has 1 aliphatic rings. The number of nitrogens with one attached hydrogen (secondary N) is 1. The van der Waals surface area contributed by atoms with Crippen molar-refractivity contribution in [2.24, 2.45) is 5.14 Å². The highest BCUT2D eigenvalue weighted by atomic mass is 32.2. The van der Waals surface area contributed by atoms with Gasteiger partial charge in [-0.25, -0.2) is 13.6 Å². The van der Waals surface area contributed by atoms with Crippen molar-refractivity contribution in [3.63, 3.8) is 0 Å². The van der Waals surface area contributed by atoms with Gasteiger partial charge in [0.1, 0.15) is 0 Å². The average Bonchev–Trinajstić information content (AvgIpc) is 2.91. The molecule has 1 amide bonds. The first kappa shape index (κ1) is 15.9. The third-order valence-corrected chi connectivity index (χ3v) is 4.48. The molecule has 1 aromatic rings. The van der Waals surface area contributed by atoms with Gasteiger partial charge in [0.15, 0.2) is 0 Å². The van der Waals surface area contributed by atoms with Crippen LogP contribution in [0.25, 0.3) is 0 Å². The Morgan fingerprint density at radius 3 is 2.38 bits per heavy atom. The molecule has 0 bridgehead atoms. The number of rotatable bonds is 6. The minimum atomic E-state index is -3.64. The molecule has 1 aliphatic heterocycles. The summed E-state index contributed by atoms with van der Waals surface area (Å²) in [4.78, 5) is 14.0. The van der Waals surface area contributed by atoms with E-state index in [1.165, 1.54) is 25.0 Å². The van der Waals surface area contributed by atoms with Crippen LogP contribution in [0.3, 0.4) is 0 Å². The van der Waals surface area contributed by atoms with E-state index in [1.54, 1.807) is 12.1 Å². The molecule has 6 nitrogen and oxygen atoms in total. The fourth-order valence-corrected chi connectivity index (χ4v) is 2.91. The lowest BCUT2D eigenvalue weighted by molar-refractivity contribution is -0.121. The Morgan fingerprint density at radius 1 is 1.19 bits per heavy atom. The monoisotopic (exact) mass is 311 g/mol. The van der Waals surface area contributed by atoms with Crippen LogP contribution in [-0.4, -0.2) is 45.4 Å². The van der Waals surface area contributed by atoms with E-state index >= 15 is 0 Å². The van der Waals surface area contributed by atoms with Crippen LogP contribution in [0.5, 0.6) is 0 Å². The maximum atomic E-state index is 11.7. The Morgan fingerprint density at radius 2 is 1.81 bits per heavy atom. The Balaban J connectivity index is 1.74. The summed E-state index contributed by atoms with van der Waals surface area (Å²) in [7, 11) is -3.64. The van der Waals surface area contributed by atoms with Gasteiger partial charge in [-0.05, 0) is 50.0 Å².